The lowest BCUT2D eigenvalue weighted by Crippen LogP contribution is -2.24. The van der Waals surface area contributed by atoms with E-state index in [1.54, 1.807) is 18.2 Å². The van der Waals surface area contributed by atoms with E-state index in [1.807, 2.05) is 0 Å². The highest BCUT2D eigenvalue weighted by Gasteiger charge is 2.23. The second kappa shape index (κ2) is 12.6. The zero-order valence-electron chi connectivity index (χ0n) is 20.6. The van der Waals surface area contributed by atoms with Gasteiger partial charge in [-0.25, -0.2) is 0 Å². The standard InChI is InChI=1S/C24H23N3O9S3/c1-3-23(26-35-38(30,31)21-15-9-5-10-16-21)24(27-36-39(32,33)22-17-11-6-12-18-22)19(2)25-34-37(28,29)20-13-7-4-8-14-20/h4-18H,3H2,1-2H3. The molecule has 0 saturated carbocycles. The van der Waals surface area contributed by atoms with Crippen LogP contribution in [0.25, 0.3) is 0 Å². The van der Waals surface area contributed by atoms with Gasteiger partial charge in [0.1, 0.15) is 26.1 Å². The first kappa shape index (κ1) is 29.5. The van der Waals surface area contributed by atoms with Crippen molar-refractivity contribution in [3.8, 4) is 0 Å². The summed E-state index contributed by atoms with van der Waals surface area (Å²) in [5, 5.41) is 10.8. The minimum atomic E-state index is -4.42. The predicted molar refractivity (Wildman–Crippen MR) is 142 cm³/mol. The molecule has 0 radical (unpaired) electrons. The monoisotopic (exact) mass is 593 g/mol. The first-order chi connectivity index (χ1) is 18.5. The van der Waals surface area contributed by atoms with Crippen molar-refractivity contribution < 1.29 is 38.1 Å². The average Bonchev–Trinajstić information content (AvgIpc) is 2.95. The van der Waals surface area contributed by atoms with Crippen LogP contribution in [-0.2, 0) is 43.2 Å². The minimum Gasteiger partial charge on any atom is -0.264 e. The van der Waals surface area contributed by atoms with Crippen LogP contribution in [0.5, 0.6) is 0 Å². The average molecular weight is 594 g/mol. The zero-order chi connectivity index (χ0) is 28.5. The van der Waals surface area contributed by atoms with Gasteiger partial charge in [0.05, 0.1) is 0 Å². The fraction of sp³-hybridized carbons (Fsp3) is 0.125. The lowest BCUT2D eigenvalue weighted by atomic mass is 10.1. The Kier molecular flexibility index (Phi) is 9.56. The summed E-state index contributed by atoms with van der Waals surface area (Å²) in [5.41, 5.74) is -0.984. The van der Waals surface area contributed by atoms with Gasteiger partial charge < -0.3 is 0 Å². The van der Waals surface area contributed by atoms with E-state index >= 15 is 0 Å². The number of benzene rings is 3. The maximum Gasteiger partial charge on any atom is 0.358 e. The fourth-order valence-electron chi connectivity index (χ4n) is 2.82. The van der Waals surface area contributed by atoms with Crippen LogP contribution in [0.3, 0.4) is 0 Å². The Bertz CT molecular complexity index is 1690. The summed E-state index contributed by atoms with van der Waals surface area (Å²) in [5.74, 6) is 0. The Balaban J connectivity index is 2.00. The van der Waals surface area contributed by atoms with E-state index in [2.05, 4.69) is 15.5 Å². The van der Waals surface area contributed by atoms with Crippen LogP contribution in [0, 0.1) is 0 Å². The molecule has 0 amide bonds. The number of rotatable bonds is 12. The van der Waals surface area contributed by atoms with Crippen LogP contribution < -0.4 is 0 Å². The summed E-state index contributed by atoms with van der Waals surface area (Å²) in [6, 6.07) is 21.4. The highest BCUT2D eigenvalue weighted by molar-refractivity contribution is 7.87. The predicted octanol–water partition coefficient (Wildman–Crippen LogP) is 3.70. The second-order valence-corrected chi connectivity index (χ2v) is 12.1. The third-order valence-corrected chi connectivity index (χ3v) is 8.15. The van der Waals surface area contributed by atoms with Crippen molar-refractivity contribution >= 4 is 47.5 Å². The molecule has 0 aliphatic carbocycles. The lowest BCUT2D eigenvalue weighted by molar-refractivity contribution is 0.332. The van der Waals surface area contributed by atoms with Gasteiger partial charge in [0.15, 0.2) is 5.71 Å². The molecule has 15 heteroatoms. The van der Waals surface area contributed by atoms with E-state index in [0.717, 1.165) is 0 Å². The molecule has 0 aliphatic rings. The van der Waals surface area contributed by atoms with E-state index in [4.69, 9.17) is 12.9 Å². The summed E-state index contributed by atoms with van der Waals surface area (Å²) in [4.78, 5) is -0.596. The fourth-order valence-corrected chi connectivity index (χ4v) is 5.12. The summed E-state index contributed by atoms with van der Waals surface area (Å²) >= 11 is 0. The Labute approximate surface area is 226 Å². The van der Waals surface area contributed by atoms with Crippen molar-refractivity contribution in [2.45, 2.75) is 35.0 Å². The molecule has 0 unspecified atom stereocenters. The van der Waals surface area contributed by atoms with E-state index in [9.17, 15) is 25.3 Å². The zero-order valence-corrected chi connectivity index (χ0v) is 23.1. The third-order valence-electron chi connectivity index (χ3n) is 4.79. The summed E-state index contributed by atoms with van der Waals surface area (Å²) < 4.78 is 89.6. The van der Waals surface area contributed by atoms with E-state index < -0.39 is 36.1 Å². The molecule has 3 rings (SSSR count). The van der Waals surface area contributed by atoms with Gasteiger partial charge in [-0.15, -0.1) is 0 Å². The molecule has 0 aliphatic heterocycles. The Morgan fingerprint density at radius 2 is 0.897 bits per heavy atom. The van der Waals surface area contributed by atoms with Crippen molar-refractivity contribution in [1.29, 1.82) is 0 Å². The van der Waals surface area contributed by atoms with Crippen molar-refractivity contribution in [3.05, 3.63) is 91.0 Å². The SMILES string of the molecule is CCC(=NOS(=O)(=O)c1ccccc1)C(=NOS(=O)(=O)c1ccccc1)C(C)=NOS(=O)(=O)c1ccccc1. The molecule has 0 heterocycles. The first-order valence-electron chi connectivity index (χ1n) is 11.1. The van der Waals surface area contributed by atoms with Crippen molar-refractivity contribution in [1.82, 2.24) is 0 Å². The quantitative estimate of drug-likeness (QED) is 0.225. The highest BCUT2D eigenvalue weighted by Crippen LogP contribution is 2.16. The Morgan fingerprint density at radius 3 is 1.26 bits per heavy atom. The molecular formula is C24H23N3O9S3. The van der Waals surface area contributed by atoms with Gasteiger partial charge in [0.25, 0.3) is 0 Å². The van der Waals surface area contributed by atoms with Gasteiger partial charge in [-0.1, -0.05) is 77.0 Å². The van der Waals surface area contributed by atoms with Crippen molar-refractivity contribution in [3.63, 3.8) is 0 Å². The second-order valence-electron chi connectivity index (χ2n) is 7.53. The number of nitrogens with zero attached hydrogens (tertiary/aromatic N) is 3. The summed E-state index contributed by atoms with van der Waals surface area (Å²) in [7, 11) is -13.1. The maximum absolute atomic E-state index is 12.6. The maximum atomic E-state index is 12.6. The first-order valence-corrected chi connectivity index (χ1v) is 15.3. The van der Waals surface area contributed by atoms with Crippen LogP contribution in [0.4, 0.5) is 0 Å². The normalized spacial score (nSPS) is 13.5. The van der Waals surface area contributed by atoms with Gasteiger partial charge in [-0.05, 0) is 49.7 Å². The molecule has 3 aromatic carbocycles. The molecule has 0 saturated heterocycles. The molecule has 0 atom stereocenters. The highest BCUT2D eigenvalue weighted by atomic mass is 32.2. The number of hydrogen-bond donors (Lipinski definition) is 0. The molecule has 0 fully saturated rings. The van der Waals surface area contributed by atoms with Crippen LogP contribution in [-0.4, -0.2) is 42.4 Å². The Morgan fingerprint density at radius 1 is 0.564 bits per heavy atom. The smallest absolute Gasteiger partial charge is 0.264 e. The molecular weight excluding hydrogens is 570 g/mol. The van der Waals surface area contributed by atoms with Crippen molar-refractivity contribution in [2.24, 2.45) is 15.5 Å². The molecule has 0 bridgehead atoms. The number of oxime groups is 3. The minimum absolute atomic E-state index is 0.0593. The van der Waals surface area contributed by atoms with Crippen LogP contribution in [0.2, 0.25) is 0 Å². The molecule has 0 N–H and O–H groups in total. The lowest BCUT2D eigenvalue weighted by Gasteiger charge is -2.09. The molecule has 0 aromatic heterocycles. The molecule has 206 valence electrons. The van der Waals surface area contributed by atoms with Gasteiger partial charge >= 0.3 is 30.4 Å². The summed E-state index contributed by atoms with van der Waals surface area (Å²) in [6.07, 6.45) is -0.0593. The van der Waals surface area contributed by atoms with Gasteiger partial charge in [0, 0.05) is 0 Å². The molecule has 0 spiro atoms. The van der Waals surface area contributed by atoms with Crippen molar-refractivity contribution in [2.75, 3.05) is 0 Å². The van der Waals surface area contributed by atoms with Gasteiger partial charge in [-0.2, -0.15) is 25.3 Å². The number of hydrogen-bond acceptors (Lipinski definition) is 12. The molecule has 39 heavy (non-hydrogen) atoms. The Hall–Kier alpha value is -4.08. The molecule has 3 aromatic rings. The van der Waals surface area contributed by atoms with Gasteiger partial charge in [-0.3, -0.25) is 12.9 Å². The third kappa shape index (κ3) is 7.95. The largest absolute Gasteiger partial charge is 0.358 e. The van der Waals surface area contributed by atoms with Crippen LogP contribution >= 0.6 is 0 Å². The molecule has 12 nitrogen and oxygen atoms in total. The van der Waals surface area contributed by atoms with E-state index in [1.165, 1.54) is 86.6 Å². The van der Waals surface area contributed by atoms with Gasteiger partial charge in [0.2, 0.25) is 0 Å². The van der Waals surface area contributed by atoms with E-state index in [-0.39, 0.29) is 32.5 Å². The summed E-state index contributed by atoms with van der Waals surface area (Å²) in [6.45, 7) is 2.77. The van der Waals surface area contributed by atoms with E-state index in [0.29, 0.717) is 0 Å². The van der Waals surface area contributed by atoms with Crippen LogP contribution in [0.15, 0.2) is 121 Å². The topological polar surface area (TPSA) is 167 Å². The van der Waals surface area contributed by atoms with Crippen LogP contribution in [0.1, 0.15) is 20.3 Å².